The minimum absolute atomic E-state index is 0.00581. The van der Waals surface area contributed by atoms with Crippen LogP contribution in [0, 0.1) is 0 Å². The van der Waals surface area contributed by atoms with Gasteiger partial charge in [-0.3, -0.25) is 0 Å². The zero-order valence-corrected chi connectivity index (χ0v) is 12.6. The standard InChI is InChI=1S/C12H26N4O4/c1-5-15-10(17)19-8(3)12(14,7-13)9(4)20-11(18)16-6-2/h8-9H,5-7,13-14H2,1-4H3,(H,15,17)(H,16,18). The molecule has 8 nitrogen and oxygen atoms in total. The van der Waals surface area contributed by atoms with Crippen LogP contribution in [0.25, 0.3) is 0 Å². The molecule has 0 aromatic rings. The maximum Gasteiger partial charge on any atom is 0.407 e. The van der Waals surface area contributed by atoms with Crippen molar-refractivity contribution in [1.82, 2.24) is 10.6 Å². The summed E-state index contributed by atoms with van der Waals surface area (Å²) >= 11 is 0. The van der Waals surface area contributed by atoms with Gasteiger partial charge in [-0.2, -0.15) is 0 Å². The minimum Gasteiger partial charge on any atom is -0.444 e. The molecule has 0 aliphatic heterocycles. The van der Waals surface area contributed by atoms with E-state index in [1.807, 2.05) is 0 Å². The van der Waals surface area contributed by atoms with E-state index < -0.39 is 29.9 Å². The first-order valence-corrected chi connectivity index (χ1v) is 6.69. The lowest BCUT2D eigenvalue weighted by molar-refractivity contribution is -0.00938. The fourth-order valence-electron chi connectivity index (χ4n) is 1.57. The van der Waals surface area contributed by atoms with Crippen LogP contribution in [0.3, 0.4) is 0 Å². The number of carbonyl (C=O) groups excluding carboxylic acids is 2. The molecule has 0 aromatic heterocycles. The molecule has 0 aliphatic rings. The number of carbonyl (C=O) groups is 2. The lowest BCUT2D eigenvalue weighted by Gasteiger charge is -2.37. The monoisotopic (exact) mass is 290 g/mol. The maximum atomic E-state index is 11.4. The summed E-state index contributed by atoms with van der Waals surface area (Å²) in [5.41, 5.74) is 10.6. The number of alkyl carbamates (subject to hydrolysis) is 2. The van der Waals surface area contributed by atoms with E-state index in [0.29, 0.717) is 13.1 Å². The van der Waals surface area contributed by atoms with Crippen LogP contribution in [0.15, 0.2) is 0 Å². The largest absolute Gasteiger partial charge is 0.444 e. The summed E-state index contributed by atoms with van der Waals surface area (Å²) < 4.78 is 10.3. The summed E-state index contributed by atoms with van der Waals surface area (Å²) in [6.07, 6.45) is -2.62. The van der Waals surface area contributed by atoms with Gasteiger partial charge in [0.2, 0.25) is 0 Å². The van der Waals surface area contributed by atoms with Crippen molar-refractivity contribution in [3.05, 3.63) is 0 Å². The number of hydrogen-bond acceptors (Lipinski definition) is 6. The molecular weight excluding hydrogens is 264 g/mol. The predicted molar refractivity (Wildman–Crippen MR) is 75.2 cm³/mol. The molecule has 2 unspecified atom stereocenters. The molecule has 2 atom stereocenters. The molecular formula is C12H26N4O4. The quantitative estimate of drug-likeness (QED) is 0.519. The fourth-order valence-corrected chi connectivity index (χ4v) is 1.57. The third-order valence-corrected chi connectivity index (χ3v) is 3.08. The second-order valence-electron chi connectivity index (χ2n) is 4.47. The summed E-state index contributed by atoms with van der Waals surface area (Å²) in [7, 11) is 0. The van der Waals surface area contributed by atoms with Crippen molar-refractivity contribution in [3.63, 3.8) is 0 Å². The first-order chi connectivity index (χ1) is 9.31. The van der Waals surface area contributed by atoms with Gasteiger partial charge in [-0.25, -0.2) is 9.59 Å². The molecule has 6 N–H and O–H groups in total. The second kappa shape index (κ2) is 8.60. The number of rotatable bonds is 7. The minimum atomic E-state index is -1.17. The number of nitrogens with two attached hydrogens (primary N) is 2. The normalized spacial score (nSPS) is 16.5. The average Bonchev–Trinajstić information content (AvgIpc) is 2.37. The van der Waals surface area contributed by atoms with Crippen LogP contribution >= 0.6 is 0 Å². The van der Waals surface area contributed by atoms with E-state index in [1.54, 1.807) is 27.7 Å². The Hall–Kier alpha value is -1.54. The molecule has 0 saturated heterocycles. The van der Waals surface area contributed by atoms with Gasteiger partial charge in [0.05, 0.1) is 0 Å². The molecule has 0 bridgehead atoms. The number of nitrogens with one attached hydrogen (secondary N) is 2. The van der Waals surface area contributed by atoms with E-state index in [0.717, 1.165) is 0 Å². The fraction of sp³-hybridized carbons (Fsp3) is 0.833. The highest BCUT2D eigenvalue weighted by Crippen LogP contribution is 2.18. The molecule has 20 heavy (non-hydrogen) atoms. The highest BCUT2D eigenvalue weighted by atomic mass is 16.6. The Morgan fingerprint density at radius 2 is 1.40 bits per heavy atom. The van der Waals surface area contributed by atoms with E-state index in [2.05, 4.69) is 10.6 Å². The summed E-state index contributed by atoms with van der Waals surface area (Å²) in [6, 6.07) is 0. The van der Waals surface area contributed by atoms with Gasteiger partial charge in [-0.15, -0.1) is 0 Å². The van der Waals surface area contributed by atoms with E-state index in [9.17, 15) is 9.59 Å². The Morgan fingerprint density at radius 1 is 1.05 bits per heavy atom. The molecule has 8 heteroatoms. The van der Waals surface area contributed by atoms with Crippen LogP contribution < -0.4 is 22.1 Å². The van der Waals surface area contributed by atoms with Gasteiger partial charge in [-0.1, -0.05) is 0 Å². The third kappa shape index (κ3) is 5.22. The van der Waals surface area contributed by atoms with Crippen LogP contribution in [0.1, 0.15) is 27.7 Å². The zero-order chi connectivity index (χ0) is 15.8. The third-order valence-electron chi connectivity index (χ3n) is 3.08. The zero-order valence-electron chi connectivity index (χ0n) is 12.6. The molecule has 0 fully saturated rings. The molecule has 0 radical (unpaired) electrons. The topological polar surface area (TPSA) is 129 Å². The SMILES string of the molecule is CCNC(=O)OC(C)C(N)(CN)C(C)OC(=O)NCC. The summed E-state index contributed by atoms with van der Waals surface area (Å²) in [4.78, 5) is 22.8. The Balaban J connectivity index is 4.71. The van der Waals surface area contributed by atoms with Crippen molar-refractivity contribution in [2.24, 2.45) is 11.5 Å². The van der Waals surface area contributed by atoms with E-state index in [1.165, 1.54) is 0 Å². The van der Waals surface area contributed by atoms with Crippen molar-refractivity contribution < 1.29 is 19.1 Å². The van der Waals surface area contributed by atoms with Gasteiger partial charge in [0.15, 0.2) is 0 Å². The van der Waals surface area contributed by atoms with Gasteiger partial charge in [0.25, 0.3) is 0 Å². The number of hydrogen-bond donors (Lipinski definition) is 4. The van der Waals surface area contributed by atoms with Crippen molar-refractivity contribution in [2.75, 3.05) is 19.6 Å². The van der Waals surface area contributed by atoms with Crippen molar-refractivity contribution in [2.45, 2.75) is 45.4 Å². The molecule has 0 spiro atoms. The maximum absolute atomic E-state index is 11.4. The molecule has 2 amide bonds. The van der Waals surface area contributed by atoms with Crippen molar-refractivity contribution in [1.29, 1.82) is 0 Å². The van der Waals surface area contributed by atoms with Gasteiger partial charge in [0, 0.05) is 19.6 Å². The Bertz CT molecular complexity index is 299. The second-order valence-corrected chi connectivity index (χ2v) is 4.47. The first-order valence-electron chi connectivity index (χ1n) is 6.69. The molecule has 0 heterocycles. The Labute approximate surface area is 119 Å². The van der Waals surface area contributed by atoms with Crippen molar-refractivity contribution >= 4 is 12.2 Å². The van der Waals surface area contributed by atoms with E-state index in [-0.39, 0.29) is 6.54 Å². The lowest BCUT2D eigenvalue weighted by atomic mass is 9.88. The summed E-state index contributed by atoms with van der Waals surface area (Å²) in [5, 5.41) is 4.99. The number of ether oxygens (including phenoxy) is 2. The van der Waals surface area contributed by atoms with Gasteiger partial charge >= 0.3 is 12.2 Å². The van der Waals surface area contributed by atoms with Crippen LogP contribution in [0.5, 0.6) is 0 Å². The predicted octanol–water partition coefficient (Wildman–Crippen LogP) is -0.0882. The van der Waals surface area contributed by atoms with Crippen LogP contribution in [-0.2, 0) is 9.47 Å². The van der Waals surface area contributed by atoms with Crippen molar-refractivity contribution in [3.8, 4) is 0 Å². The lowest BCUT2D eigenvalue weighted by Crippen LogP contribution is -2.65. The van der Waals surface area contributed by atoms with Crippen LogP contribution in [0.2, 0.25) is 0 Å². The molecule has 0 saturated carbocycles. The summed E-state index contributed by atoms with van der Waals surface area (Å²) in [5.74, 6) is 0. The Kier molecular flexibility index (Phi) is 7.93. The molecule has 118 valence electrons. The number of amides is 2. The molecule has 0 aromatic carbocycles. The first kappa shape index (κ1) is 18.5. The average molecular weight is 290 g/mol. The smallest absolute Gasteiger partial charge is 0.407 e. The van der Waals surface area contributed by atoms with Crippen LogP contribution in [0.4, 0.5) is 9.59 Å². The van der Waals surface area contributed by atoms with Gasteiger partial charge in [0.1, 0.15) is 17.7 Å². The van der Waals surface area contributed by atoms with Gasteiger partial charge < -0.3 is 31.6 Å². The van der Waals surface area contributed by atoms with Gasteiger partial charge in [-0.05, 0) is 27.7 Å². The Morgan fingerprint density at radius 3 is 1.65 bits per heavy atom. The van der Waals surface area contributed by atoms with E-state index in [4.69, 9.17) is 20.9 Å². The summed E-state index contributed by atoms with van der Waals surface area (Å²) in [6.45, 7) is 7.64. The highest BCUT2D eigenvalue weighted by Gasteiger charge is 2.41. The molecule has 0 aliphatic carbocycles. The highest BCUT2D eigenvalue weighted by molar-refractivity contribution is 5.68. The van der Waals surface area contributed by atoms with Crippen LogP contribution in [-0.4, -0.2) is 49.6 Å². The molecule has 0 rings (SSSR count). The van der Waals surface area contributed by atoms with E-state index >= 15 is 0 Å².